The largest absolute Gasteiger partial charge is 0.429 e. The molecule has 4 rings (SSSR count). The number of allylic oxidation sites excluding steroid dienone is 1. The van der Waals surface area contributed by atoms with E-state index in [-0.39, 0.29) is 30.7 Å². The van der Waals surface area contributed by atoms with Gasteiger partial charge in [0.25, 0.3) is 0 Å². The molecule has 0 saturated heterocycles. The Hall–Kier alpha value is -2.58. The molecule has 1 saturated carbocycles. The quantitative estimate of drug-likeness (QED) is 0.243. The zero-order valence-corrected chi connectivity index (χ0v) is 20.3. The molecule has 2 aliphatic rings. The third kappa shape index (κ3) is 4.63. The smallest absolute Gasteiger partial charge is 0.400 e. The van der Waals surface area contributed by atoms with E-state index in [1.165, 1.54) is 6.07 Å². The summed E-state index contributed by atoms with van der Waals surface area (Å²) in [5.41, 5.74) is -4.78. The number of rotatable bonds is 8. The molecule has 0 bridgehead atoms. The summed E-state index contributed by atoms with van der Waals surface area (Å²) in [4.78, 5) is 0. The van der Waals surface area contributed by atoms with Gasteiger partial charge >= 0.3 is 18.0 Å². The zero-order valence-electron chi connectivity index (χ0n) is 20.3. The molecule has 37 heavy (non-hydrogen) atoms. The fourth-order valence-electron chi connectivity index (χ4n) is 5.46. The molecule has 202 valence electrons. The molecule has 1 fully saturated rings. The van der Waals surface area contributed by atoms with Crippen molar-refractivity contribution in [1.82, 2.24) is 0 Å². The summed E-state index contributed by atoms with van der Waals surface area (Å²) in [7, 11) is 0. The Bertz CT molecular complexity index is 1170. The normalized spacial score (nSPS) is 22.2. The average molecular weight is 533 g/mol. The molecule has 2 aromatic carbocycles. The Balaban J connectivity index is 1.69. The number of hydrogen-bond acceptors (Lipinski definition) is 1. The van der Waals surface area contributed by atoms with E-state index in [0.717, 1.165) is 25.0 Å². The lowest BCUT2D eigenvalue weighted by Crippen LogP contribution is -2.41. The van der Waals surface area contributed by atoms with Crippen LogP contribution in [0.1, 0.15) is 68.6 Å². The van der Waals surface area contributed by atoms with Crippen molar-refractivity contribution in [2.24, 2.45) is 11.8 Å². The Morgan fingerprint density at radius 1 is 0.919 bits per heavy atom. The number of halogens is 8. The lowest BCUT2D eigenvalue weighted by molar-refractivity contribution is -0.231. The van der Waals surface area contributed by atoms with Gasteiger partial charge < -0.3 is 4.74 Å². The van der Waals surface area contributed by atoms with Crippen LogP contribution < -0.4 is 4.74 Å². The van der Waals surface area contributed by atoms with E-state index >= 15 is 22.0 Å². The first-order valence-electron chi connectivity index (χ1n) is 12.4. The number of aryl methyl sites for hydroxylation is 1. The first-order chi connectivity index (χ1) is 17.4. The average Bonchev–Trinajstić information content (AvgIpc) is 2.84. The molecule has 2 aliphatic carbocycles. The Labute approximate surface area is 210 Å². The van der Waals surface area contributed by atoms with Crippen molar-refractivity contribution in [3.05, 3.63) is 65.2 Å². The van der Waals surface area contributed by atoms with Gasteiger partial charge in [0.1, 0.15) is 5.82 Å². The van der Waals surface area contributed by atoms with Crippen LogP contribution in [0.4, 0.5) is 35.1 Å². The van der Waals surface area contributed by atoms with Crippen LogP contribution in [-0.2, 0) is 18.3 Å². The van der Waals surface area contributed by atoms with Crippen molar-refractivity contribution in [3.63, 3.8) is 0 Å². The number of benzene rings is 2. The van der Waals surface area contributed by atoms with E-state index in [4.69, 9.17) is 0 Å². The van der Waals surface area contributed by atoms with Crippen molar-refractivity contribution in [2.75, 3.05) is 0 Å². The van der Waals surface area contributed by atoms with Gasteiger partial charge in [-0.3, -0.25) is 0 Å². The van der Waals surface area contributed by atoms with Crippen LogP contribution in [0.25, 0.3) is 11.1 Å². The molecule has 0 aliphatic heterocycles. The minimum Gasteiger partial charge on any atom is -0.429 e. The fraction of sp³-hybridized carbons (Fsp3) is 0.500. The van der Waals surface area contributed by atoms with Crippen LogP contribution in [0.15, 0.2) is 36.9 Å². The van der Waals surface area contributed by atoms with E-state index in [2.05, 4.69) is 11.3 Å². The van der Waals surface area contributed by atoms with Gasteiger partial charge in [-0.15, -0.1) is 6.58 Å². The molecule has 0 aromatic heterocycles. The minimum atomic E-state index is -5.21. The van der Waals surface area contributed by atoms with Crippen LogP contribution in [0, 0.1) is 23.5 Å². The van der Waals surface area contributed by atoms with Crippen LogP contribution in [0.5, 0.6) is 5.75 Å². The summed E-state index contributed by atoms with van der Waals surface area (Å²) in [6.45, 7) is 5.31. The maximum absolute atomic E-state index is 15.3. The summed E-state index contributed by atoms with van der Waals surface area (Å²) in [6, 6.07) is 3.73. The summed E-state index contributed by atoms with van der Waals surface area (Å²) in [6.07, 6.45) is 1.01. The summed E-state index contributed by atoms with van der Waals surface area (Å²) in [5.74, 6) is -16.1. The lowest BCUT2D eigenvalue weighted by atomic mass is 9.78. The second-order valence-electron chi connectivity index (χ2n) is 9.91. The highest BCUT2D eigenvalue weighted by Crippen LogP contribution is 2.60. The molecule has 2 aromatic rings. The lowest BCUT2D eigenvalue weighted by Gasteiger charge is -2.36. The van der Waals surface area contributed by atoms with Crippen molar-refractivity contribution in [2.45, 2.75) is 76.2 Å². The van der Waals surface area contributed by atoms with Gasteiger partial charge in [0.05, 0.1) is 17.0 Å². The minimum absolute atomic E-state index is 0.0417. The summed E-state index contributed by atoms with van der Waals surface area (Å²) >= 11 is 0. The second kappa shape index (κ2) is 9.95. The second-order valence-corrected chi connectivity index (χ2v) is 9.91. The Morgan fingerprint density at radius 3 is 2.05 bits per heavy atom. The molecular formula is C28H28F8O. The topological polar surface area (TPSA) is 9.23 Å². The predicted molar refractivity (Wildman–Crippen MR) is 124 cm³/mol. The Kier molecular flexibility index (Phi) is 7.38. The monoisotopic (exact) mass is 532 g/mol. The maximum Gasteiger partial charge on any atom is 0.400 e. The molecule has 0 atom stereocenters. The van der Waals surface area contributed by atoms with Crippen molar-refractivity contribution >= 4 is 0 Å². The van der Waals surface area contributed by atoms with Crippen LogP contribution in [0.3, 0.4) is 0 Å². The van der Waals surface area contributed by atoms with E-state index < -0.39 is 63.5 Å². The first kappa shape index (κ1) is 27.5. The molecular weight excluding hydrogens is 504 g/mol. The van der Waals surface area contributed by atoms with Crippen LogP contribution in [0.2, 0.25) is 0 Å². The molecule has 0 N–H and O–H groups in total. The summed E-state index contributed by atoms with van der Waals surface area (Å²) in [5, 5.41) is 0. The highest BCUT2D eigenvalue weighted by molar-refractivity contribution is 5.77. The molecule has 0 radical (unpaired) electrons. The van der Waals surface area contributed by atoms with Gasteiger partial charge in [0, 0.05) is 0 Å². The van der Waals surface area contributed by atoms with E-state index in [9.17, 15) is 13.2 Å². The molecule has 0 spiro atoms. The van der Waals surface area contributed by atoms with E-state index in [0.29, 0.717) is 25.3 Å². The third-order valence-corrected chi connectivity index (χ3v) is 7.51. The van der Waals surface area contributed by atoms with Crippen molar-refractivity contribution in [1.29, 1.82) is 0 Å². The van der Waals surface area contributed by atoms with Crippen LogP contribution in [-0.4, -0.2) is 6.11 Å². The zero-order chi connectivity index (χ0) is 27.2. The number of fused-ring (bicyclic) bond motifs is 3. The standard InChI is InChI=1S/C28H28F8O/c1-3-5-7-16-8-11-18(12-9-16)28(35,36)37-21-15-14-20-19-13-10-17(6-4-2)24(29)22(19)26(31,32)27(33,34)23(20)25(21)30/h3,10,13-16,18H,1,4-9,11-12H2,2H3. The molecule has 0 amide bonds. The van der Waals surface area contributed by atoms with E-state index in [1.54, 1.807) is 13.0 Å². The van der Waals surface area contributed by atoms with Gasteiger partial charge in [-0.2, -0.15) is 26.3 Å². The number of alkyl halides is 6. The number of ether oxygens (including phenoxy) is 1. The van der Waals surface area contributed by atoms with Gasteiger partial charge in [0.15, 0.2) is 11.6 Å². The predicted octanol–water partition coefficient (Wildman–Crippen LogP) is 9.53. The molecule has 0 heterocycles. The highest BCUT2D eigenvalue weighted by Gasteiger charge is 2.65. The van der Waals surface area contributed by atoms with Crippen LogP contribution >= 0.6 is 0 Å². The van der Waals surface area contributed by atoms with Gasteiger partial charge in [-0.1, -0.05) is 31.6 Å². The molecule has 9 heteroatoms. The van der Waals surface area contributed by atoms with Gasteiger partial charge in [-0.25, -0.2) is 8.78 Å². The van der Waals surface area contributed by atoms with Crippen molar-refractivity contribution < 1.29 is 39.9 Å². The maximum atomic E-state index is 15.3. The SMILES string of the molecule is C=CCCC1CCC(C(F)(F)Oc2ccc3c(c2F)C(F)(F)C(F)(F)c2c-3ccc(CCC)c2F)CC1. The van der Waals surface area contributed by atoms with E-state index in [1.807, 2.05) is 0 Å². The van der Waals surface area contributed by atoms with Gasteiger partial charge in [0.2, 0.25) is 0 Å². The first-order valence-corrected chi connectivity index (χ1v) is 12.4. The third-order valence-electron chi connectivity index (χ3n) is 7.51. The van der Waals surface area contributed by atoms with Gasteiger partial charge in [-0.05, 0) is 79.7 Å². The molecule has 1 nitrogen and oxygen atoms in total. The highest BCUT2D eigenvalue weighted by atomic mass is 19.3. The Morgan fingerprint density at radius 2 is 1.49 bits per heavy atom. The number of hydrogen-bond donors (Lipinski definition) is 0. The molecule has 0 unspecified atom stereocenters. The van der Waals surface area contributed by atoms with Crippen molar-refractivity contribution in [3.8, 4) is 16.9 Å². The summed E-state index contributed by atoms with van der Waals surface area (Å²) < 4.78 is 125. The fourth-order valence-corrected chi connectivity index (χ4v) is 5.46.